The Morgan fingerprint density at radius 3 is 2.58 bits per heavy atom. The zero-order valence-electron chi connectivity index (χ0n) is 14.7. The summed E-state index contributed by atoms with van der Waals surface area (Å²) in [6.45, 7) is 4.07. The maximum absolute atomic E-state index is 12.3. The molecule has 5 nitrogen and oxygen atoms in total. The standard InChI is InChI=1S/C20H21ClN4O/c1-3-14-4-6-15(7-5-14)13(2)24-12-16(11-22)20(26)25-17-8-9-19(23)18(21)10-17/h4-10,12-13,24H,3,23H2,1-2H3,(H,25,26)/b16-12-. The van der Waals surface area contributed by atoms with E-state index in [1.54, 1.807) is 12.1 Å². The Kier molecular flexibility index (Phi) is 6.65. The lowest BCUT2D eigenvalue weighted by Crippen LogP contribution is -2.18. The van der Waals surface area contributed by atoms with Crippen LogP contribution in [-0.4, -0.2) is 5.91 Å². The van der Waals surface area contributed by atoms with Crippen LogP contribution in [-0.2, 0) is 11.2 Å². The van der Waals surface area contributed by atoms with Gasteiger partial charge in [-0.05, 0) is 42.7 Å². The van der Waals surface area contributed by atoms with Crippen molar-refractivity contribution in [1.82, 2.24) is 5.32 Å². The number of nitrogen functional groups attached to an aromatic ring is 1. The number of halogens is 1. The van der Waals surface area contributed by atoms with Crippen LogP contribution in [0, 0.1) is 11.3 Å². The van der Waals surface area contributed by atoms with Crippen LogP contribution >= 0.6 is 11.6 Å². The average Bonchev–Trinajstić information content (AvgIpc) is 2.65. The summed E-state index contributed by atoms with van der Waals surface area (Å²) >= 11 is 5.93. The number of hydrogen-bond acceptors (Lipinski definition) is 4. The number of carbonyl (C=O) groups excluding carboxylic acids is 1. The molecule has 0 fully saturated rings. The molecule has 1 amide bonds. The van der Waals surface area contributed by atoms with Crippen LogP contribution in [0.1, 0.15) is 31.0 Å². The van der Waals surface area contributed by atoms with Crippen LogP contribution in [0.25, 0.3) is 0 Å². The van der Waals surface area contributed by atoms with Crippen molar-refractivity contribution < 1.29 is 4.79 Å². The van der Waals surface area contributed by atoms with Gasteiger partial charge in [-0.3, -0.25) is 4.79 Å². The van der Waals surface area contributed by atoms with Crippen molar-refractivity contribution in [1.29, 1.82) is 5.26 Å². The molecule has 2 aromatic rings. The molecule has 0 saturated heterocycles. The van der Waals surface area contributed by atoms with Crippen LogP contribution in [0.4, 0.5) is 11.4 Å². The molecule has 0 radical (unpaired) electrons. The molecule has 1 atom stereocenters. The van der Waals surface area contributed by atoms with E-state index >= 15 is 0 Å². The molecule has 2 rings (SSSR count). The Bertz CT molecular complexity index is 853. The van der Waals surface area contributed by atoms with Crippen molar-refractivity contribution in [3.05, 3.63) is 70.4 Å². The van der Waals surface area contributed by atoms with Gasteiger partial charge in [-0.25, -0.2) is 0 Å². The third-order valence-electron chi connectivity index (χ3n) is 3.99. The van der Waals surface area contributed by atoms with Gasteiger partial charge in [0.1, 0.15) is 11.6 Å². The van der Waals surface area contributed by atoms with E-state index in [-0.39, 0.29) is 11.6 Å². The lowest BCUT2D eigenvalue weighted by molar-refractivity contribution is -0.112. The van der Waals surface area contributed by atoms with Crippen LogP contribution < -0.4 is 16.4 Å². The Labute approximate surface area is 158 Å². The van der Waals surface area contributed by atoms with E-state index in [2.05, 4.69) is 29.7 Å². The number of amides is 1. The second-order valence-corrected chi connectivity index (χ2v) is 6.25. The Balaban J connectivity index is 2.04. The molecule has 4 N–H and O–H groups in total. The lowest BCUT2D eigenvalue weighted by Gasteiger charge is -2.13. The molecule has 0 spiro atoms. The second kappa shape index (κ2) is 8.93. The van der Waals surface area contributed by atoms with Crippen LogP contribution in [0.2, 0.25) is 5.02 Å². The molecule has 2 aromatic carbocycles. The predicted molar refractivity (Wildman–Crippen MR) is 106 cm³/mol. The van der Waals surface area contributed by atoms with Crippen molar-refractivity contribution in [2.45, 2.75) is 26.3 Å². The van der Waals surface area contributed by atoms with Gasteiger partial charge in [-0.1, -0.05) is 42.8 Å². The van der Waals surface area contributed by atoms with Gasteiger partial charge in [0, 0.05) is 17.9 Å². The summed E-state index contributed by atoms with van der Waals surface area (Å²) in [6, 6.07) is 14.8. The number of aryl methyl sites for hydroxylation is 1. The highest BCUT2D eigenvalue weighted by atomic mass is 35.5. The largest absolute Gasteiger partial charge is 0.398 e. The van der Waals surface area contributed by atoms with Gasteiger partial charge in [0.05, 0.1) is 10.7 Å². The monoisotopic (exact) mass is 368 g/mol. The summed E-state index contributed by atoms with van der Waals surface area (Å²) in [5.41, 5.74) is 8.83. The zero-order chi connectivity index (χ0) is 19.1. The first-order valence-electron chi connectivity index (χ1n) is 8.26. The van der Waals surface area contributed by atoms with E-state index in [0.717, 1.165) is 12.0 Å². The molecular formula is C20H21ClN4O. The lowest BCUT2D eigenvalue weighted by atomic mass is 10.1. The van der Waals surface area contributed by atoms with E-state index < -0.39 is 5.91 Å². The first-order chi connectivity index (χ1) is 12.4. The van der Waals surface area contributed by atoms with E-state index in [1.165, 1.54) is 17.8 Å². The van der Waals surface area contributed by atoms with Crippen molar-refractivity contribution in [3.8, 4) is 6.07 Å². The Morgan fingerprint density at radius 1 is 1.31 bits per heavy atom. The second-order valence-electron chi connectivity index (χ2n) is 5.84. The highest BCUT2D eigenvalue weighted by Gasteiger charge is 2.11. The van der Waals surface area contributed by atoms with Gasteiger partial charge < -0.3 is 16.4 Å². The fourth-order valence-electron chi connectivity index (χ4n) is 2.30. The molecule has 0 saturated carbocycles. The van der Waals surface area contributed by atoms with E-state index in [9.17, 15) is 10.1 Å². The molecular weight excluding hydrogens is 348 g/mol. The van der Waals surface area contributed by atoms with Crippen LogP contribution in [0.5, 0.6) is 0 Å². The summed E-state index contributed by atoms with van der Waals surface area (Å²) in [5, 5.41) is 15.3. The quantitative estimate of drug-likeness (QED) is 0.405. The first-order valence-corrected chi connectivity index (χ1v) is 8.64. The fourth-order valence-corrected chi connectivity index (χ4v) is 2.48. The van der Waals surface area contributed by atoms with Crippen LogP contribution in [0.3, 0.4) is 0 Å². The van der Waals surface area contributed by atoms with Gasteiger partial charge in [0.2, 0.25) is 0 Å². The van der Waals surface area contributed by atoms with Crippen molar-refractivity contribution in [2.75, 3.05) is 11.1 Å². The van der Waals surface area contributed by atoms with Gasteiger partial charge in [0.15, 0.2) is 0 Å². The molecule has 0 aromatic heterocycles. The van der Waals surface area contributed by atoms with Gasteiger partial charge in [-0.2, -0.15) is 5.26 Å². The Morgan fingerprint density at radius 2 is 2.00 bits per heavy atom. The minimum atomic E-state index is -0.519. The molecule has 0 aliphatic heterocycles. The first kappa shape index (κ1) is 19.4. The third-order valence-corrected chi connectivity index (χ3v) is 4.32. The zero-order valence-corrected chi connectivity index (χ0v) is 15.5. The highest BCUT2D eigenvalue weighted by Crippen LogP contribution is 2.23. The summed E-state index contributed by atoms with van der Waals surface area (Å²) in [6.07, 6.45) is 2.41. The minimum absolute atomic E-state index is 0.0324. The van der Waals surface area contributed by atoms with Crippen LogP contribution in [0.15, 0.2) is 54.2 Å². The molecule has 0 heterocycles. The Hall–Kier alpha value is -2.97. The number of nitrogens with one attached hydrogen (secondary N) is 2. The third kappa shape index (κ3) is 5.01. The van der Waals surface area contributed by atoms with Gasteiger partial charge in [0.25, 0.3) is 5.91 Å². The molecule has 134 valence electrons. The number of nitrogens with zero attached hydrogens (tertiary/aromatic N) is 1. The average molecular weight is 369 g/mol. The smallest absolute Gasteiger partial charge is 0.267 e. The summed E-state index contributed by atoms with van der Waals surface area (Å²) in [5.74, 6) is -0.519. The SMILES string of the molecule is CCc1ccc(C(C)N/C=C(/C#N)C(=O)Nc2ccc(N)c(Cl)c2)cc1. The normalized spacial score (nSPS) is 12.2. The highest BCUT2D eigenvalue weighted by molar-refractivity contribution is 6.33. The van der Waals surface area contributed by atoms with Crippen molar-refractivity contribution >= 4 is 28.9 Å². The predicted octanol–water partition coefficient (Wildman–Crippen LogP) is 4.18. The number of hydrogen-bond donors (Lipinski definition) is 3. The van der Waals surface area contributed by atoms with Gasteiger partial charge >= 0.3 is 0 Å². The molecule has 1 unspecified atom stereocenters. The molecule has 0 bridgehead atoms. The number of carbonyl (C=O) groups is 1. The maximum Gasteiger partial charge on any atom is 0.267 e. The molecule has 0 aliphatic rings. The summed E-state index contributed by atoms with van der Waals surface area (Å²) in [4.78, 5) is 12.3. The van der Waals surface area contributed by atoms with E-state index in [1.807, 2.05) is 25.1 Å². The molecule has 6 heteroatoms. The topological polar surface area (TPSA) is 90.9 Å². The molecule has 0 aliphatic carbocycles. The number of nitrogens with two attached hydrogens (primary N) is 1. The van der Waals surface area contributed by atoms with Crippen molar-refractivity contribution in [3.63, 3.8) is 0 Å². The van der Waals surface area contributed by atoms with E-state index in [0.29, 0.717) is 16.4 Å². The number of rotatable bonds is 6. The van der Waals surface area contributed by atoms with Crippen molar-refractivity contribution in [2.24, 2.45) is 0 Å². The minimum Gasteiger partial charge on any atom is -0.398 e. The summed E-state index contributed by atoms with van der Waals surface area (Å²) in [7, 11) is 0. The maximum atomic E-state index is 12.3. The molecule has 26 heavy (non-hydrogen) atoms. The van der Waals surface area contributed by atoms with E-state index in [4.69, 9.17) is 17.3 Å². The number of nitriles is 1. The fraction of sp³-hybridized carbons (Fsp3) is 0.200. The number of anilines is 2. The summed E-state index contributed by atoms with van der Waals surface area (Å²) < 4.78 is 0. The van der Waals surface area contributed by atoms with Gasteiger partial charge in [-0.15, -0.1) is 0 Å². The number of benzene rings is 2.